The van der Waals surface area contributed by atoms with E-state index in [2.05, 4.69) is 19.2 Å². The largest absolute Gasteiger partial charge is 0.492 e. The molecule has 2 aromatic rings. The topological polar surface area (TPSA) is 51.1 Å². The fourth-order valence-corrected chi connectivity index (χ4v) is 2.58. The number of nitrogens with zero attached hydrogens (tertiary/aromatic N) is 4. The lowest BCUT2D eigenvalue weighted by atomic mass is 10.0. The first kappa shape index (κ1) is 11.4. The van der Waals surface area contributed by atoms with E-state index in [1.807, 2.05) is 19.1 Å². The van der Waals surface area contributed by atoms with Gasteiger partial charge in [0, 0.05) is 36.7 Å². The lowest BCUT2D eigenvalue weighted by Crippen LogP contribution is -2.49. The van der Waals surface area contributed by atoms with Crippen molar-refractivity contribution in [3.63, 3.8) is 0 Å². The Bertz CT molecular complexity index is 510. The molecule has 3 heterocycles. The molecular formula is C12H14N4OS. The third kappa shape index (κ3) is 2.43. The number of rotatable bonds is 4. The Morgan fingerprint density at radius 2 is 2.39 bits per heavy atom. The molecule has 0 N–H and O–H groups in total. The molecule has 0 saturated carbocycles. The van der Waals surface area contributed by atoms with Gasteiger partial charge in [0.15, 0.2) is 0 Å². The monoisotopic (exact) mass is 262 g/mol. The van der Waals surface area contributed by atoms with E-state index in [1.165, 1.54) is 11.5 Å². The SMILES string of the molecule is Cc1nsc(N2CC(COc3cccnc3)C2)n1. The molecule has 1 saturated heterocycles. The molecule has 0 radical (unpaired) electrons. The number of anilines is 1. The van der Waals surface area contributed by atoms with Crippen LogP contribution >= 0.6 is 11.5 Å². The summed E-state index contributed by atoms with van der Waals surface area (Å²) in [6.45, 7) is 4.65. The highest BCUT2D eigenvalue weighted by molar-refractivity contribution is 7.09. The second-order valence-corrected chi connectivity index (χ2v) is 5.13. The van der Waals surface area contributed by atoms with Crippen LogP contribution in [0.25, 0.3) is 0 Å². The Labute approximate surface area is 110 Å². The number of aromatic nitrogens is 3. The van der Waals surface area contributed by atoms with Gasteiger partial charge in [-0.1, -0.05) is 0 Å². The number of aryl methyl sites for hydroxylation is 1. The molecule has 94 valence electrons. The van der Waals surface area contributed by atoms with E-state index in [9.17, 15) is 0 Å². The average Bonchev–Trinajstić information content (AvgIpc) is 2.75. The number of hydrogen-bond acceptors (Lipinski definition) is 6. The number of hydrogen-bond donors (Lipinski definition) is 0. The zero-order valence-electron chi connectivity index (χ0n) is 10.1. The summed E-state index contributed by atoms with van der Waals surface area (Å²) in [6.07, 6.45) is 3.49. The number of pyridine rings is 1. The summed E-state index contributed by atoms with van der Waals surface area (Å²) in [7, 11) is 0. The molecule has 5 nitrogen and oxygen atoms in total. The molecule has 1 fully saturated rings. The fourth-order valence-electron chi connectivity index (χ4n) is 1.89. The highest BCUT2D eigenvalue weighted by atomic mass is 32.1. The zero-order valence-corrected chi connectivity index (χ0v) is 10.9. The van der Waals surface area contributed by atoms with Crippen LogP contribution in [0.1, 0.15) is 5.82 Å². The van der Waals surface area contributed by atoms with Crippen molar-refractivity contribution in [2.24, 2.45) is 5.92 Å². The maximum absolute atomic E-state index is 5.68. The first-order valence-corrected chi connectivity index (χ1v) is 6.66. The molecule has 0 amide bonds. The molecule has 1 aliphatic heterocycles. The van der Waals surface area contributed by atoms with Crippen molar-refractivity contribution in [2.45, 2.75) is 6.92 Å². The van der Waals surface area contributed by atoms with Crippen LogP contribution in [-0.2, 0) is 0 Å². The quantitative estimate of drug-likeness (QED) is 0.840. The Morgan fingerprint density at radius 3 is 3.06 bits per heavy atom. The van der Waals surface area contributed by atoms with Gasteiger partial charge in [-0.2, -0.15) is 4.37 Å². The van der Waals surface area contributed by atoms with Crippen molar-refractivity contribution in [1.82, 2.24) is 14.3 Å². The van der Waals surface area contributed by atoms with Crippen LogP contribution in [0.5, 0.6) is 5.75 Å². The van der Waals surface area contributed by atoms with Gasteiger partial charge < -0.3 is 9.64 Å². The van der Waals surface area contributed by atoms with E-state index in [1.54, 1.807) is 12.4 Å². The van der Waals surface area contributed by atoms with Crippen LogP contribution in [0, 0.1) is 12.8 Å². The third-order valence-corrected chi connectivity index (χ3v) is 3.73. The van der Waals surface area contributed by atoms with Crippen LogP contribution in [0.2, 0.25) is 0 Å². The maximum Gasteiger partial charge on any atom is 0.205 e. The molecule has 0 spiro atoms. The van der Waals surface area contributed by atoms with Gasteiger partial charge in [-0.05, 0) is 19.1 Å². The third-order valence-electron chi connectivity index (χ3n) is 2.86. The lowest BCUT2D eigenvalue weighted by molar-refractivity contribution is 0.220. The molecule has 1 aliphatic rings. The summed E-state index contributed by atoms with van der Waals surface area (Å²) in [6, 6.07) is 3.81. The van der Waals surface area contributed by atoms with Crippen LogP contribution in [0.15, 0.2) is 24.5 Å². The van der Waals surface area contributed by atoms with Gasteiger partial charge in [0.25, 0.3) is 0 Å². The summed E-state index contributed by atoms with van der Waals surface area (Å²) in [5, 5.41) is 1.02. The van der Waals surface area contributed by atoms with Gasteiger partial charge in [0.2, 0.25) is 5.13 Å². The van der Waals surface area contributed by atoms with Crippen LogP contribution in [0.3, 0.4) is 0 Å². The Balaban J connectivity index is 1.46. The van der Waals surface area contributed by atoms with Gasteiger partial charge in [-0.3, -0.25) is 4.98 Å². The minimum absolute atomic E-state index is 0.564. The fraction of sp³-hybridized carbons (Fsp3) is 0.417. The summed E-state index contributed by atoms with van der Waals surface area (Å²) in [4.78, 5) is 10.6. The van der Waals surface area contributed by atoms with Gasteiger partial charge >= 0.3 is 0 Å². The standard InChI is InChI=1S/C12H14N4OS/c1-9-14-12(18-15-9)16-6-10(7-16)8-17-11-3-2-4-13-5-11/h2-5,10H,6-8H2,1H3. The van der Waals surface area contributed by atoms with Gasteiger partial charge in [-0.15, -0.1) is 0 Å². The van der Waals surface area contributed by atoms with E-state index in [-0.39, 0.29) is 0 Å². The molecule has 2 aromatic heterocycles. The van der Waals surface area contributed by atoms with Crippen molar-refractivity contribution in [3.8, 4) is 5.75 Å². The molecule has 0 bridgehead atoms. The second kappa shape index (κ2) is 4.89. The smallest absolute Gasteiger partial charge is 0.205 e. The molecule has 0 atom stereocenters. The first-order chi connectivity index (χ1) is 8.81. The zero-order chi connectivity index (χ0) is 12.4. The molecule has 0 unspecified atom stereocenters. The molecular weight excluding hydrogens is 248 g/mol. The van der Waals surface area contributed by atoms with Crippen molar-refractivity contribution in [2.75, 3.05) is 24.6 Å². The first-order valence-electron chi connectivity index (χ1n) is 5.89. The van der Waals surface area contributed by atoms with Gasteiger partial charge in [0.05, 0.1) is 12.8 Å². The molecule has 6 heteroatoms. The van der Waals surface area contributed by atoms with Crippen LogP contribution < -0.4 is 9.64 Å². The van der Waals surface area contributed by atoms with E-state index in [4.69, 9.17) is 4.74 Å². The van der Waals surface area contributed by atoms with Crippen LogP contribution in [0.4, 0.5) is 5.13 Å². The van der Waals surface area contributed by atoms with E-state index in [0.29, 0.717) is 5.92 Å². The van der Waals surface area contributed by atoms with E-state index >= 15 is 0 Å². The average molecular weight is 262 g/mol. The second-order valence-electron chi connectivity index (χ2n) is 4.39. The van der Waals surface area contributed by atoms with Crippen molar-refractivity contribution < 1.29 is 4.74 Å². The minimum atomic E-state index is 0.564. The summed E-state index contributed by atoms with van der Waals surface area (Å²) >= 11 is 1.46. The maximum atomic E-state index is 5.68. The van der Waals surface area contributed by atoms with Gasteiger partial charge in [-0.25, -0.2) is 4.98 Å². The highest BCUT2D eigenvalue weighted by Crippen LogP contribution is 2.26. The highest BCUT2D eigenvalue weighted by Gasteiger charge is 2.29. The molecule has 3 rings (SSSR count). The Hall–Kier alpha value is -1.69. The number of ether oxygens (including phenoxy) is 1. The normalized spacial score (nSPS) is 15.5. The van der Waals surface area contributed by atoms with Crippen molar-refractivity contribution in [1.29, 1.82) is 0 Å². The molecule has 0 aliphatic carbocycles. The predicted molar refractivity (Wildman–Crippen MR) is 70.1 cm³/mol. The summed E-state index contributed by atoms with van der Waals surface area (Å²) in [5.74, 6) is 2.25. The minimum Gasteiger partial charge on any atom is -0.492 e. The van der Waals surface area contributed by atoms with Crippen molar-refractivity contribution >= 4 is 16.7 Å². The molecule has 18 heavy (non-hydrogen) atoms. The van der Waals surface area contributed by atoms with Crippen LogP contribution in [-0.4, -0.2) is 34.0 Å². The lowest BCUT2D eigenvalue weighted by Gasteiger charge is -2.38. The van der Waals surface area contributed by atoms with E-state index < -0.39 is 0 Å². The van der Waals surface area contributed by atoms with Gasteiger partial charge in [0.1, 0.15) is 11.6 Å². The Morgan fingerprint density at radius 1 is 1.50 bits per heavy atom. The predicted octanol–water partition coefficient (Wildman–Crippen LogP) is 1.76. The van der Waals surface area contributed by atoms with Crippen molar-refractivity contribution in [3.05, 3.63) is 30.4 Å². The summed E-state index contributed by atoms with van der Waals surface area (Å²) < 4.78 is 9.87. The summed E-state index contributed by atoms with van der Waals surface area (Å²) in [5.41, 5.74) is 0. The van der Waals surface area contributed by atoms with E-state index in [0.717, 1.165) is 36.4 Å². The molecule has 0 aromatic carbocycles. The Kier molecular flexibility index (Phi) is 3.10.